The summed E-state index contributed by atoms with van der Waals surface area (Å²) in [5, 5.41) is 0. The Bertz CT molecular complexity index is 907. The number of hydrogen-bond acceptors (Lipinski definition) is 4. The van der Waals surface area contributed by atoms with Crippen molar-refractivity contribution in [3.8, 4) is 5.75 Å². The summed E-state index contributed by atoms with van der Waals surface area (Å²) >= 11 is 0. The summed E-state index contributed by atoms with van der Waals surface area (Å²) in [5.41, 5.74) is 2.09. The third kappa shape index (κ3) is 3.45. The summed E-state index contributed by atoms with van der Waals surface area (Å²) in [6.07, 6.45) is 0.832. The van der Waals surface area contributed by atoms with E-state index in [1.807, 2.05) is 31.2 Å². The van der Waals surface area contributed by atoms with Crippen LogP contribution in [0, 0.1) is 0 Å². The van der Waals surface area contributed by atoms with E-state index in [9.17, 15) is 13.2 Å². The minimum atomic E-state index is -3.48. The first-order valence-corrected chi connectivity index (χ1v) is 9.80. The second-order valence-electron chi connectivity index (χ2n) is 6.49. The highest BCUT2D eigenvalue weighted by molar-refractivity contribution is 7.89. The molecule has 1 amide bonds. The minimum Gasteiger partial charge on any atom is -0.484 e. The number of benzene rings is 2. The molecular formula is C19H22N2O4S. The Balaban J connectivity index is 1.67. The van der Waals surface area contributed by atoms with Crippen LogP contribution in [-0.2, 0) is 21.2 Å². The lowest BCUT2D eigenvalue weighted by Crippen LogP contribution is -2.39. The predicted molar refractivity (Wildman–Crippen MR) is 99.9 cm³/mol. The number of anilines is 1. The summed E-state index contributed by atoms with van der Waals surface area (Å²) in [6.45, 7) is 1.91. The van der Waals surface area contributed by atoms with Crippen molar-refractivity contribution in [2.75, 3.05) is 25.6 Å². The van der Waals surface area contributed by atoms with Crippen LogP contribution in [0.4, 0.5) is 5.69 Å². The molecule has 2 aromatic rings. The number of sulfonamides is 1. The molecule has 138 valence electrons. The highest BCUT2D eigenvalue weighted by Gasteiger charge is 2.30. The van der Waals surface area contributed by atoms with Gasteiger partial charge in [-0.05, 0) is 49.2 Å². The van der Waals surface area contributed by atoms with Gasteiger partial charge in [-0.3, -0.25) is 4.79 Å². The number of hydrogen-bond donors (Lipinski definition) is 0. The standard InChI is InChI=1S/C19H22N2O4S/c1-14-12-15-6-4-5-7-18(15)21(14)19(22)13-25-16-8-10-17(11-9-16)26(23,24)20(2)3/h4-11,14H,12-13H2,1-3H3/t14-/m0/s1. The van der Waals surface area contributed by atoms with E-state index >= 15 is 0 Å². The molecule has 0 radical (unpaired) electrons. The number of carbonyl (C=O) groups is 1. The first-order valence-electron chi connectivity index (χ1n) is 8.36. The number of carbonyl (C=O) groups excluding carboxylic acids is 1. The van der Waals surface area contributed by atoms with Crippen LogP contribution in [0.15, 0.2) is 53.4 Å². The molecular weight excluding hydrogens is 352 g/mol. The van der Waals surface area contributed by atoms with Gasteiger partial charge in [0, 0.05) is 25.8 Å². The average Bonchev–Trinajstić information content (AvgIpc) is 2.95. The molecule has 1 aliphatic heterocycles. The molecule has 6 nitrogen and oxygen atoms in total. The van der Waals surface area contributed by atoms with E-state index in [1.165, 1.54) is 26.2 Å². The lowest BCUT2D eigenvalue weighted by molar-refractivity contribution is -0.120. The third-order valence-electron chi connectivity index (χ3n) is 4.44. The Morgan fingerprint density at radius 1 is 1.15 bits per heavy atom. The number of nitrogens with zero attached hydrogens (tertiary/aromatic N) is 2. The van der Waals surface area contributed by atoms with Crippen molar-refractivity contribution in [3.05, 3.63) is 54.1 Å². The molecule has 0 spiro atoms. The lowest BCUT2D eigenvalue weighted by atomic mass is 10.1. The van der Waals surface area contributed by atoms with E-state index in [0.717, 1.165) is 22.0 Å². The first-order chi connectivity index (χ1) is 12.3. The van der Waals surface area contributed by atoms with Gasteiger partial charge < -0.3 is 9.64 Å². The third-order valence-corrected chi connectivity index (χ3v) is 6.27. The summed E-state index contributed by atoms with van der Waals surface area (Å²) in [5.74, 6) is 0.337. The normalized spacial score (nSPS) is 16.6. The molecule has 0 bridgehead atoms. The van der Waals surface area contributed by atoms with Crippen LogP contribution in [-0.4, -0.2) is 45.4 Å². The SMILES string of the molecule is C[C@H]1Cc2ccccc2N1C(=O)COc1ccc(S(=O)(=O)N(C)C)cc1. The molecule has 1 atom stereocenters. The van der Waals surface area contributed by atoms with Crippen molar-refractivity contribution >= 4 is 21.6 Å². The molecule has 2 aromatic carbocycles. The van der Waals surface area contributed by atoms with E-state index in [4.69, 9.17) is 4.74 Å². The fourth-order valence-corrected chi connectivity index (χ4v) is 3.98. The van der Waals surface area contributed by atoms with Gasteiger partial charge in [0.2, 0.25) is 10.0 Å². The van der Waals surface area contributed by atoms with Gasteiger partial charge >= 0.3 is 0 Å². The second-order valence-corrected chi connectivity index (χ2v) is 8.64. The number of amides is 1. The Morgan fingerprint density at radius 2 is 1.81 bits per heavy atom. The first kappa shape index (κ1) is 18.4. The van der Waals surface area contributed by atoms with Crippen LogP contribution in [0.2, 0.25) is 0 Å². The van der Waals surface area contributed by atoms with Crippen LogP contribution in [0.5, 0.6) is 5.75 Å². The highest BCUT2D eigenvalue weighted by Crippen LogP contribution is 2.31. The average molecular weight is 374 g/mol. The maximum Gasteiger partial charge on any atom is 0.265 e. The van der Waals surface area contributed by atoms with Gasteiger partial charge in [-0.1, -0.05) is 18.2 Å². The van der Waals surface area contributed by atoms with Gasteiger partial charge in [0.05, 0.1) is 4.90 Å². The molecule has 0 saturated carbocycles. The number of para-hydroxylation sites is 1. The van der Waals surface area contributed by atoms with Crippen molar-refractivity contribution in [2.45, 2.75) is 24.3 Å². The van der Waals surface area contributed by atoms with E-state index in [2.05, 4.69) is 0 Å². The lowest BCUT2D eigenvalue weighted by Gasteiger charge is -2.22. The molecule has 0 fully saturated rings. The topological polar surface area (TPSA) is 66.9 Å². The quantitative estimate of drug-likeness (QED) is 0.805. The minimum absolute atomic E-state index is 0.0936. The van der Waals surface area contributed by atoms with Crippen molar-refractivity contribution in [1.29, 1.82) is 0 Å². The number of ether oxygens (including phenoxy) is 1. The Kier molecular flexibility index (Phi) is 5.02. The van der Waals surface area contributed by atoms with E-state index in [-0.39, 0.29) is 23.5 Å². The molecule has 0 aromatic heterocycles. The van der Waals surface area contributed by atoms with Crippen molar-refractivity contribution in [1.82, 2.24) is 4.31 Å². The van der Waals surface area contributed by atoms with E-state index < -0.39 is 10.0 Å². The molecule has 26 heavy (non-hydrogen) atoms. The summed E-state index contributed by atoms with van der Waals surface area (Å²) in [6, 6.07) is 14.0. The van der Waals surface area contributed by atoms with Crippen molar-refractivity contribution in [3.63, 3.8) is 0 Å². The van der Waals surface area contributed by atoms with Crippen molar-refractivity contribution in [2.24, 2.45) is 0 Å². The zero-order valence-electron chi connectivity index (χ0n) is 15.0. The van der Waals surface area contributed by atoms with E-state index in [0.29, 0.717) is 5.75 Å². The molecule has 0 aliphatic carbocycles. The fourth-order valence-electron chi connectivity index (χ4n) is 3.08. The van der Waals surface area contributed by atoms with Gasteiger partial charge in [0.25, 0.3) is 5.91 Å². The van der Waals surface area contributed by atoms with Crippen LogP contribution < -0.4 is 9.64 Å². The summed E-state index contributed by atoms with van der Waals surface area (Å²) in [7, 11) is -0.517. The molecule has 0 N–H and O–H groups in total. The predicted octanol–water partition coefficient (Wildman–Crippen LogP) is 2.29. The van der Waals surface area contributed by atoms with Gasteiger partial charge in [-0.15, -0.1) is 0 Å². The summed E-state index contributed by atoms with van der Waals surface area (Å²) in [4.78, 5) is 14.6. The van der Waals surface area contributed by atoms with Gasteiger partial charge in [0.15, 0.2) is 6.61 Å². The second kappa shape index (κ2) is 7.09. The Morgan fingerprint density at radius 3 is 2.46 bits per heavy atom. The number of rotatable bonds is 5. The highest BCUT2D eigenvalue weighted by atomic mass is 32.2. The monoisotopic (exact) mass is 374 g/mol. The van der Waals surface area contributed by atoms with Crippen LogP contribution in [0.1, 0.15) is 12.5 Å². The molecule has 7 heteroatoms. The van der Waals surface area contributed by atoms with E-state index in [1.54, 1.807) is 17.0 Å². The number of fused-ring (bicyclic) bond motifs is 1. The van der Waals surface area contributed by atoms with Gasteiger partial charge in [-0.2, -0.15) is 0 Å². The van der Waals surface area contributed by atoms with Crippen LogP contribution in [0.25, 0.3) is 0 Å². The van der Waals surface area contributed by atoms with Crippen LogP contribution >= 0.6 is 0 Å². The molecule has 1 aliphatic rings. The Labute approximate surface area is 154 Å². The zero-order chi connectivity index (χ0) is 18.9. The molecule has 3 rings (SSSR count). The zero-order valence-corrected chi connectivity index (χ0v) is 15.9. The fraction of sp³-hybridized carbons (Fsp3) is 0.316. The molecule has 1 heterocycles. The summed E-state index contributed by atoms with van der Waals surface area (Å²) < 4.78 is 30.8. The maximum atomic E-state index is 12.6. The van der Waals surface area contributed by atoms with Gasteiger partial charge in [0.1, 0.15) is 5.75 Å². The molecule has 0 saturated heterocycles. The van der Waals surface area contributed by atoms with Crippen molar-refractivity contribution < 1.29 is 17.9 Å². The van der Waals surface area contributed by atoms with Crippen LogP contribution in [0.3, 0.4) is 0 Å². The molecule has 0 unspecified atom stereocenters. The smallest absolute Gasteiger partial charge is 0.265 e. The maximum absolute atomic E-state index is 12.6. The Hall–Kier alpha value is -2.38. The van der Waals surface area contributed by atoms with Gasteiger partial charge in [-0.25, -0.2) is 12.7 Å². The largest absolute Gasteiger partial charge is 0.484 e.